The minimum atomic E-state index is 0.561. The lowest BCUT2D eigenvalue weighted by atomic mass is 9.69. The van der Waals surface area contributed by atoms with E-state index in [0.29, 0.717) is 5.41 Å². The molecule has 0 saturated heterocycles. The van der Waals surface area contributed by atoms with Crippen LogP contribution in [-0.4, -0.2) is 36.6 Å². The molecule has 0 aromatic heterocycles. The van der Waals surface area contributed by atoms with Gasteiger partial charge in [-0.3, -0.25) is 4.90 Å². The molecular weight excluding hydrogens is 244 g/mol. The second-order valence-corrected chi connectivity index (χ2v) is 8.46. The molecule has 116 valence electrons. The first-order valence-electron chi connectivity index (χ1n) is 9.05. The molecule has 0 aliphatic heterocycles. The first kappa shape index (κ1) is 14.8. The van der Waals surface area contributed by atoms with Gasteiger partial charge in [0, 0.05) is 25.2 Å². The number of nitrogens with zero attached hydrogens (tertiary/aromatic N) is 1. The lowest BCUT2D eigenvalue weighted by Gasteiger charge is -2.43. The zero-order valence-electron chi connectivity index (χ0n) is 13.8. The Morgan fingerprint density at radius 2 is 1.80 bits per heavy atom. The third kappa shape index (κ3) is 3.98. The standard InChI is InChI=1S/C18H34N2/c1-4-19-17-9-10-18(2,3)11-15(17)13-20(16-7-8-16)12-14-5-6-14/h14-17,19H,4-13H2,1-3H3. The molecule has 3 aliphatic carbocycles. The average molecular weight is 278 g/mol. The number of nitrogens with one attached hydrogen (secondary N) is 1. The van der Waals surface area contributed by atoms with Crippen molar-refractivity contribution in [2.75, 3.05) is 19.6 Å². The fourth-order valence-corrected chi connectivity index (χ4v) is 4.20. The Bertz CT molecular complexity index is 317. The summed E-state index contributed by atoms with van der Waals surface area (Å²) in [6.07, 6.45) is 10.1. The molecule has 3 fully saturated rings. The molecule has 3 saturated carbocycles. The van der Waals surface area contributed by atoms with Crippen molar-refractivity contribution in [3.8, 4) is 0 Å². The van der Waals surface area contributed by atoms with E-state index >= 15 is 0 Å². The molecule has 3 rings (SSSR count). The van der Waals surface area contributed by atoms with Crippen LogP contribution >= 0.6 is 0 Å². The van der Waals surface area contributed by atoms with Crippen LogP contribution in [-0.2, 0) is 0 Å². The highest BCUT2D eigenvalue weighted by Crippen LogP contribution is 2.41. The molecule has 2 heteroatoms. The van der Waals surface area contributed by atoms with E-state index in [1.807, 2.05) is 0 Å². The summed E-state index contributed by atoms with van der Waals surface area (Å²) in [5, 5.41) is 3.78. The lowest BCUT2D eigenvalue weighted by molar-refractivity contribution is 0.0953. The van der Waals surface area contributed by atoms with Crippen molar-refractivity contribution in [3.63, 3.8) is 0 Å². The summed E-state index contributed by atoms with van der Waals surface area (Å²) in [4.78, 5) is 2.87. The summed E-state index contributed by atoms with van der Waals surface area (Å²) >= 11 is 0. The molecule has 0 aromatic carbocycles. The van der Waals surface area contributed by atoms with Crippen LogP contribution in [0.1, 0.15) is 65.7 Å². The zero-order chi connectivity index (χ0) is 14.2. The monoisotopic (exact) mass is 278 g/mol. The van der Waals surface area contributed by atoms with Crippen LogP contribution < -0.4 is 5.32 Å². The number of hydrogen-bond acceptors (Lipinski definition) is 2. The smallest absolute Gasteiger partial charge is 0.0108 e. The molecule has 1 N–H and O–H groups in total. The third-order valence-corrected chi connectivity index (χ3v) is 5.70. The van der Waals surface area contributed by atoms with E-state index in [0.717, 1.165) is 30.5 Å². The van der Waals surface area contributed by atoms with E-state index in [-0.39, 0.29) is 0 Å². The summed E-state index contributed by atoms with van der Waals surface area (Å²) in [5.41, 5.74) is 0.561. The highest BCUT2D eigenvalue weighted by Gasteiger charge is 2.39. The highest BCUT2D eigenvalue weighted by molar-refractivity contribution is 4.94. The first-order chi connectivity index (χ1) is 9.57. The second kappa shape index (κ2) is 5.96. The largest absolute Gasteiger partial charge is 0.314 e. The Morgan fingerprint density at radius 3 is 2.40 bits per heavy atom. The lowest BCUT2D eigenvalue weighted by Crippen LogP contribution is -2.48. The van der Waals surface area contributed by atoms with Gasteiger partial charge in [-0.05, 0) is 68.7 Å². The van der Waals surface area contributed by atoms with Crippen molar-refractivity contribution in [2.24, 2.45) is 17.3 Å². The molecule has 2 atom stereocenters. The van der Waals surface area contributed by atoms with Crippen molar-refractivity contribution >= 4 is 0 Å². The van der Waals surface area contributed by atoms with Crippen LogP contribution in [0.2, 0.25) is 0 Å². The normalized spacial score (nSPS) is 33.6. The molecule has 0 aromatic rings. The van der Waals surface area contributed by atoms with Crippen molar-refractivity contribution < 1.29 is 0 Å². The quantitative estimate of drug-likeness (QED) is 0.764. The average Bonchev–Trinajstić information content (AvgIpc) is 3.25. The van der Waals surface area contributed by atoms with Gasteiger partial charge in [0.25, 0.3) is 0 Å². The number of rotatable bonds is 7. The van der Waals surface area contributed by atoms with Crippen molar-refractivity contribution in [2.45, 2.75) is 77.8 Å². The minimum absolute atomic E-state index is 0.561. The van der Waals surface area contributed by atoms with Crippen LogP contribution in [0, 0.1) is 17.3 Å². The summed E-state index contributed by atoms with van der Waals surface area (Å²) in [6, 6.07) is 1.72. The van der Waals surface area contributed by atoms with Gasteiger partial charge in [0.15, 0.2) is 0 Å². The van der Waals surface area contributed by atoms with Gasteiger partial charge in [0.1, 0.15) is 0 Å². The maximum atomic E-state index is 3.78. The van der Waals surface area contributed by atoms with E-state index < -0.39 is 0 Å². The summed E-state index contributed by atoms with van der Waals surface area (Å²) < 4.78 is 0. The molecule has 0 heterocycles. The Hall–Kier alpha value is -0.0800. The van der Waals surface area contributed by atoms with E-state index in [1.165, 1.54) is 58.0 Å². The van der Waals surface area contributed by atoms with Crippen LogP contribution in [0.3, 0.4) is 0 Å². The van der Waals surface area contributed by atoms with Crippen molar-refractivity contribution in [1.82, 2.24) is 10.2 Å². The number of hydrogen-bond donors (Lipinski definition) is 1. The first-order valence-corrected chi connectivity index (χ1v) is 9.05. The molecule has 0 spiro atoms. The van der Waals surface area contributed by atoms with Crippen LogP contribution in [0.4, 0.5) is 0 Å². The predicted octanol–water partition coefficient (Wildman–Crippen LogP) is 3.67. The van der Waals surface area contributed by atoms with Crippen LogP contribution in [0.15, 0.2) is 0 Å². The summed E-state index contributed by atoms with van der Waals surface area (Å²) in [6.45, 7) is 11.1. The van der Waals surface area contributed by atoms with Gasteiger partial charge in [0.2, 0.25) is 0 Å². The predicted molar refractivity (Wildman–Crippen MR) is 85.9 cm³/mol. The van der Waals surface area contributed by atoms with E-state index in [2.05, 4.69) is 31.0 Å². The minimum Gasteiger partial charge on any atom is -0.314 e. The Labute approximate surface area is 125 Å². The summed E-state index contributed by atoms with van der Waals surface area (Å²) in [7, 11) is 0. The maximum absolute atomic E-state index is 3.78. The Morgan fingerprint density at radius 1 is 1.05 bits per heavy atom. The Kier molecular flexibility index (Phi) is 4.42. The zero-order valence-corrected chi connectivity index (χ0v) is 13.8. The second-order valence-electron chi connectivity index (χ2n) is 8.46. The summed E-state index contributed by atoms with van der Waals surface area (Å²) in [5.74, 6) is 1.92. The molecule has 0 radical (unpaired) electrons. The fourth-order valence-electron chi connectivity index (χ4n) is 4.20. The van der Waals surface area contributed by atoms with Crippen molar-refractivity contribution in [3.05, 3.63) is 0 Å². The van der Waals surface area contributed by atoms with Gasteiger partial charge in [0.05, 0.1) is 0 Å². The van der Waals surface area contributed by atoms with Gasteiger partial charge in [-0.2, -0.15) is 0 Å². The van der Waals surface area contributed by atoms with Gasteiger partial charge in [-0.25, -0.2) is 0 Å². The maximum Gasteiger partial charge on any atom is 0.0108 e. The van der Waals surface area contributed by atoms with E-state index in [4.69, 9.17) is 0 Å². The Balaban J connectivity index is 1.60. The van der Waals surface area contributed by atoms with Crippen molar-refractivity contribution in [1.29, 1.82) is 0 Å². The highest BCUT2D eigenvalue weighted by atomic mass is 15.2. The van der Waals surface area contributed by atoms with Gasteiger partial charge >= 0.3 is 0 Å². The topological polar surface area (TPSA) is 15.3 Å². The van der Waals surface area contributed by atoms with Gasteiger partial charge < -0.3 is 5.32 Å². The molecule has 0 bridgehead atoms. The van der Waals surface area contributed by atoms with Gasteiger partial charge in [-0.15, -0.1) is 0 Å². The van der Waals surface area contributed by atoms with Gasteiger partial charge in [-0.1, -0.05) is 20.8 Å². The molecule has 2 unspecified atom stereocenters. The fraction of sp³-hybridized carbons (Fsp3) is 1.00. The van der Waals surface area contributed by atoms with Crippen LogP contribution in [0.5, 0.6) is 0 Å². The molecular formula is C18H34N2. The SMILES string of the molecule is CCNC1CCC(C)(C)CC1CN(CC1CC1)C1CC1. The van der Waals surface area contributed by atoms with Crippen LogP contribution in [0.25, 0.3) is 0 Å². The van der Waals surface area contributed by atoms with E-state index in [1.54, 1.807) is 0 Å². The third-order valence-electron chi connectivity index (χ3n) is 5.70. The van der Waals surface area contributed by atoms with E-state index in [9.17, 15) is 0 Å². The molecule has 0 amide bonds. The molecule has 3 aliphatic rings. The molecule has 20 heavy (non-hydrogen) atoms. The molecule has 2 nitrogen and oxygen atoms in total.